The van der Waals surface area contributed by atoms with E-state index in [4.69, 9.17) is 9.47 Å². The number of hydrogen-bond donors (Lipinski definition) is 0. The Hall–Kier alpha value is -2.10. The third-order valence-corrected chi connectivity index (χ3v) is 3.38. The molecule has 2 fully saturated rings. The summed E-state index contributed by atoms with van der Waals surface area (Å²) in [7, 11) is 0. The van der Waals surface area contributed by atoms with Crippen LogP contribution in [0.15, 0.2) is 36.7 Å². The van der Waals surface area contributed by atoms with E-state index in [2.05, 4.69) is 9.97 Å². The second kappa shape index (κ2) is 4.78. The number of hydrogen-bond acceptors (Lipinski definition) is 4. The van der Waals surface area contributed by atoms with Crippen LogP contribution in [0.2, 0.25) is 0 Å². The summed E-state index contributed by atoms with van der Waals surface area (Å²) in [5, 5.41) is 0. The normalized spacial score (nSPS) is 17.8. The molecule has 102 valence electrons. The molecular weight excluding hydrogens is 252 g/mol. The Labute approximate surface area is 117 Å². The zero-order valence-electron chi connectivity index (χ0n) is 11.2. The van der Waals surface area contributed by atoms with E-state index in [1.165, 1.54) is 0 Å². The van der Waals surface area contributed by atoms with Gasteiger partial charge in [0.2, 0.25) is 0 Å². The number of nitrogens with zero attached hydrogens (tertiary/aromatic N) is 2. The van der Waals surface area contributed by atoms with E-state index in [-0.39, 0.29) is 0 Å². The van der Waals surface area contributed by atoms with Gasteiger partial charge in [-0.15, -0.1) is 0 Å². The van der Waals surface area contributed by atoms with Gasteiger partial charge in [-0.2, -0.15) is 0 Å². The fourth-order valence-electron chi connectivity index (χ4n) is 2.01. The van der Waals surface area contributed by atoms with Crippen molar-refractivity contribution in [3.8, 4) is 22.9 Å². The van der Waals surface area contributed by atoms with Gasteiger partial charge in [-0.25, -0.2) is 0 Å². The van der Waals surface area contributed by atoms with Gasteiger partial charge in [-0.05, 0) is 37.8 Å². The van der Waals surface area contributed by atoms with Crippen LogP contribution in [0.25, 0.3) is 11.4 Å². The van der Waals surface area contributed by atoms with Crippen molar-refractivity contribution in [3.05, 3.63) is 36.7 Å². The minimum Gasteiger partial charge on any atom is -0.490 e. The molecule has 0 radical (unpaired) electrons. The lowest BCUT2D eigenvalue weighted by Crippen LogP contribution is -1.98. The van der Waals surface area contributed by atoms with Crippen LogP contribution < -0.4 is 9.47 Å². The molecule has 2 saturated carbocycles. The lowest BCUT2D eigenvalue weighted by Gasteiger charge is -2.08. The molecule has 2 aromatic heterocycles. The summed E-state index contributed by atoms with van der Waals surface area (Å²) >= 11 is 0. The van der Waals surface area contributed by atoms with Crippen LogP contribution in [-0.2, 0) is 0 Å². The smallest absolute Gasteiger partial charge is 0.123 e. The Bertz CT molecular complexity index is 566. The molecule has 2 aliphatic carbocycles. The Kier molecular flexibility index (Phi) is 2.80. The summed E-state index contributed by atoms with van der Waals surface area (Å²) < 4.78 is 11.6. The molecule has 0 spiro atoms. The highest BCUT2D eigenvalue weighted by Crippen LogP contribution is 2.30. The van der Waals surface area contributed by atoms with Gasteiger partial charge in [-0.1, -0.05) is 0 Å². The van der Waals surface area contributed by atoms with E-state index in [0.29, 0.717) is 12.2 Å². The summed E-state index contributed by atoms with van der Waals surface area (Å²) in [5.41, 5.74) is 1.65. The molecule has 4 nitrogen and oxygen atoms in total. The first-order chi connectivity index (χ1) is 9.87. The van der Waals surface area contributed by atoms with Crippen molar-refractivity contribution in [2.24, 2.45) is 0 Å². The Morgan fingerprint density at radius 3 is 1.60 bits per heavy atom. The summed E-state index contributed by atoms with van der Waals surface area (Å²) in [5.74, 6) is 1.74. The summed E-state index contributed by atoms with van der Waals surface area (Å²) in [6.07, 6.45) is 8.93. The predicted molar refractivity (Wildman–Crippen MR) is 74.8 cm³/mol. The van der Waals surface area contributed by atoms with Gasteiger partial charge < -0.3 is 9.47 Å². The molecule has 4 rings (SSSR count). The first kappa shape index (κ1) is 11.7. The lowest BCUT2D eigenvalue weighted by molar-refractivity contribution is 0.302. The standard InChI is InChI=1S/C16H16N2O2/c1-2-11(1)19-13-5-7-17-15(9-13)16-10-14(6-8-18-16)20-12-3-4-12/h5-12H,1-4H2. The number of rotatable bonds is 5. The summed E-state index contributed by atoms with van der Waals surface area (Å²) in [6.45, 7) is 0. The van der Waals surface area contributed by atoms with Gasteiger partial charge >= 0.3 is 0 Å². The van der Waals surface area contributed by atoms with Crippen molar-refractivity contribution in [3.63, 3.8) is 0 Å². The van der Waals surface area contributed by atoms with E-state index >= 15 is 0 Å². The highest BCUT2D eigenvalue weighted by molar-refractivity contribution is 5.57. The van der Waals surface area contributed by atoms with E-state index < -0.39 is 0 Å². The molecule has 0 unspecified atom stereocenters. The monoisotopic (exact) mass is 268 g/mol. The van der Waals surface area contributed by atoms with Crippen LogP contribution in [0.1, 0.15) is 25.7 Å². The van der Waals surface area contributed by atoms with Gasteiger partial charge in [0.25, 0.3) is 0 Å². The first-order valence-corrected chi connectivity index (χ1v) is 7.12. The zero-order valence-corrected chi connectivity index (χ0v) is 11.2. The fraction of sp³-hybridized carbons (Fsp3) is 0.375. The molecule has 20 heavy (non-hydrogen) atoms. The Morgan fingerprint density at radius 1 is 0.750 bits per heavy atom. The second-order valence-electron chi connectivity index (χ2n) is 5.39. The van der Waals surface area contributed by atoms with Crippen LogP contribution in [0.3, 0.4) is 0 Å². The van der Waals surface area contributed by atoms with Gasteiger partial charge in [0, 0.05) is 24.5 Å². The molecule has 4 heteroatoms. The van der Waals surface area contributed by atoms with Gasteiger partial charge in [0.15, 0.2) is 0 Å². The molecule has 0 aromatic carbocycles. The molecular formula is C16H16N2O2. The molecule has 0 amide bonds. The number of aromatic nitrogens is 2. The van der Waals surface area contributed by atoms with Crippen LogP contribution in [0.5, 0.6) is 11.5 Å². The molecule has 0 N–H and O–H groups in total. The molecule has 0 bridgehead atoms. The molecule has 0 atom stereocenters. The first-order valence-electron chi connectivity index (χ1n) is 7.12. The van der Waals surface area contributed by atoms with Crippen LogP contribution >= 0.6 is 0 Å². The quantitative estimate of drug-likeness (QED) is 0.835. The summed E-state index contributed by atoms with van der Waals surface area (Å²) in [6, 6.07) is 7.68. The highest BCUT2D eigenvalue weighted by Gasteiger charge is 2.24. The minimum absolute atomic E-state index is 0.391. The van der Waals surface area contributed by atoms with Crippen molar-refractivity contribution >= 4 is 0 Å². The van der Waals surface area contributed by atoms with Crippen molar-refractivity contribution in [1.82, 2.24) is 9.97 Å². The number of ether oxygens (including phenoxy) is 2. The average molecular weight is 268 g/mol. The maximum atomic E-state index is 5.79. The maximum absolute atomic E-state index is 5.79. The fourth-order valence-corrected chi connectivity index (χ4v) is 2.01. The van der Waals surface area contributed by atoms with Gasteiger partial charge in [0.05, 0.1) is 23.6 Å². The van der Waals surface area contributed by atoms with Crippen LogP contribution in [-0.4, -0.2) is 22.2 Å². The Balaban J connectivity index is 1.58. The molecule has 0 aliphatic heterocycles. The Morgan fingerprint density at radius 2 is 1.20 bits per heavy atom. The van der Waals surface area contributed by atoms with Crippen molar-refractivity contribution in [1.29, 1.82) is 0 Å². The minimum atomic E-state index is 0.391. The predicted octanol–water partition coefficient (Wildman–Crippen LogP) is 3.23. The third-order valence-electron chi connectivity index (χ3n) is 3.38. The van der Waals surface area contributed by atoms with Gasteiger partial charge in [0.1, 0.15) is 11.5 Å². The number of pyridine rings is 2. The maximum Gasteiger partial charge on any atom is 0.123 e. The molecule has 2 aliphatic rings. The zero-order chi connectivity index (χ0) is 13.4. The van der Waals surface area contributed by atoms with Gasteiger partial charge in [-0.3, -0.25) is 9.97 Å². The summed E-state index contributed by atoms with van der Waals surface area (Å²) in [4.78, 5) is 8.75. The van der Waals surface area contributed by atoms with Crippen molar-refractivity contribution in [2.45, 2.75) is 37.9 Å². The third kappa shape index (κ3) is 2.74. The average Bonchev–Trinajstić information content (AvgIpc) is 3.36. The SMILES string of the molecule is c1cc(OC2CC2)cc(-c2cc(OC3CC3)ccn2)n1. The van der Waals surface area contributed by atoms with Crippen molar-refractivity contribution in [2.75, 3.05) is 0 Å². The highest BCUT2D eigenvalue weighted by atomic mass is 16.5. The molecule has 0 saturated heterocycles. The van der Waals surface area contributed by atoms with E-state index in [0.717, 1.165) is 48.6 Å². The van der Waals surface area contributed by atoms with E-state index in [1.54, 1.807) is 12.4 Å². The topological polar surface area (TPSA) is 44.2 Å². The van der Waals surface area contributed by atoms with Crippen LogP contribution in [0.4, 0.5) is 0 Å². The lowest BCUT2D eigenvalue weighted by atomic mass is 10.2. The van der Waals surface area contributed by atoms with Crippen LogP contribution in [0, 0.1) is 0 Å². The second-order valence-corrected chi connectivity index (χ2v) is 5.39. The molecule has 2 aromatic rings. The van der Waals surface area contributed by atoms with Crippen molar-refractivity contribution < 1.29 is 9.47 Å². The largest absolute Gasteiger partial charge is 0.490 e. The van der Waals surface area contributed by atoms with E-state index in [1.807, 2.05) is 24.3 Å². The molecule has 2 heterocycles. The van der Waals surface area contributed by atoms with E-state index in [9.17, 15) is 0 Å².